The van der Waals surface area contributed by atoms with E-state index in [-0.39, 0.29) is 6.54 Å². The third kappa shape index (κ3) is 6.07. The van der Waals surface area contributed by atoms with Gasteiger partial charge in [0.2, 0.25) is 0 Å². The third-order valence-corrected chi connectivity index (χ3v) is 2.53. The van der Waals surface area contributed by atoms with Crippen LogP contribution >= 0.6 is 0 Å². The number of nitrogens with one attached hydrogen (secondary N) is 1. The number of carboxylic acids is 1. The summed E-state index contributed by atoms with van der Waals surface area (Å²) in [6.45, 7) is 5.16. The number of carboxylic acid groups (broad SMARTS) is 1. The Kier molecular flexibility index (Phi) is 5.70. The lowest BCUT2D eigenvalue weighted by Gasteiger charge is -2.06. The Hall–Kier alpha value is -1.35. The van der Waals surface area contributed by atoms with Gasteiger partial charge in [-0.1, -0.05) is 38.1 Å². The standard InChI is InChI=1S/C14H21NO2/c1-11(2)9-13-5-3-12(4-6-13)7-8-15-10-14(16)17/h3-6,11,15H,7-10H2,1-2H3,(H,16,17). The molecular formula is C14H21NO2. The maximum Gasteiger partial charge on any atom is 0.317 e. The first-order valence-electron chi connectivity index (χ1n) is 6.08. The molecule has 1 rings (SSSR count). The summed E-state index contributed by atoms with van der Waals surface area (Å²) in [7, 11) is 0. The summed E-state index contributed by atoms with van der Waals surface area (Å²) < 4.78 is 0. The zero-order chi connectivity index (χ0) is 12.7. The van der Waals surface area contributed by atoms with Gasteiger partial charge in [0.1, 0.15) is 0 Å². The van der Waals surface area contributed by atoms with E-state index in [1.165, 1.54) is 11.1 Å². The van der Waals surface area contributed by atoms with E-state index in [1.807, 2.05) is 0 Å². The molecule has 17 heavy (non-hydrogen) atoms. The fourth-order valence-corrected chi connectivity index (χ4v) is 1.74. The Morgan fingerprint density at radius 3 is 2.35 bits per heavy atom. The highest BCUT2D eigenvalue weighted by Gasteiger charge is 1.99. The van der Waals surface area contributed by atoms with Crippen molar-refractivity contribution >= 4 is 5.97 Å². The van der Waals surface area contributed by atoms with Crippen molar-refractivity contribution in [1.82, 2.24) is 5.32 Å². The van der Waals surface area contributed by atoms with E-state index in [9.17, 15) is 4.79 Å². The second-order valence-electron chi connectivity index (χ2n) is 4.73. The monoisotopic (exact) mass is 235 g/mol. The van der Waals surface area contributed by atoms with Crippen LogP contribution in [0.4, 0.5) is 0 Å². The summed E-state index contributed by atoms with van der Waals surface area (Å²) in [5, 5.41) is 11.3. The van der Waals surface area contributed by atoms with E-state index in [2.05, 4.69) is 43.4 Å². The molecule has 3 nitrogen and oxygen atoms in total. The zero-order valence-corrected chi connectivity index (χ0v) is 10.6. The van der Waals surface area contributed by atoms with Gasteiger partial charge in [-0.25, -0.2) is 0 Å². The molecule has 0 amide bonds. The Morgan fingerprint density at radius 1 is 1.24 bits per heavy atom. The molecule has 0 atom stereocenters. The van der Waals surface area contributed by atoms with Gasteiger partial charge in [0, 0.05) is 0 Å². The third-order valence-electron chi connectivity index (χ3n) is 2.53. The van der Waals surface area contributed by atoms with Gasteiger partial charge >= 0.3 is 5.97 Å². The summed E-state index contributed by atoms with van der Waals surface area (Å²) in [6.07, 6.45) is 1.98. The smallest absolute Gasteiger partial charge is 0.317 e. The first kappa shape index (κ1) is 13.7. The number of benzene rings is 1. The molecule has 1 aromatic carbocycles. The minimum absolute atomic E-state index is 0.0332. The summed E-state index contributed by atoms with van der Waals surface area (Å²) in [5.74, 6) is -0.129. The van der Waals surface area contributed by atoms with E-state index in [0.717, 1.165) is 12.8 Å². The van der Waals surface area contributed by atoms with Crippen molar-refractivity contribution in [2.24, 2.45) is 5.92 Å². The minimum Gasteiger partial charge on any atom is -0.480 e. The molecule has 0 saturated heterocycles. The predicted molar refractivity (Wildman–Crippen MR) is 69.2 cm³/mol. The fourth-order valence-electron chi connectivity index (χ4n) is 1.74. The van der Waals surface area contributed by atoms with Crippen molar-refractivity contribution in [3.8, 4) is 0 Å². The second kappa shape index (κ2) is 7.07. The van der Waals surface area contributed by atoms with E-state index in [0.29, 0.717) is 12.5 Å². The molecule has 1 aromatic rings. The van der Waals surface area contributed by atoms with Crippen LogP contribution in [0.2, 0.25) is 0 Å². The molecule has 0 aliphatic heterocycles. The molecule has 0 unspecified atom stereocenters. The zero-order valence-electron chi connectivity index (χ0n) is 10.6. The van der Waals surface area contributed by atoms with Gasteiger partial charge in [0.25, 0.3) is 0 Å². The lowest BCUT2D eigenvalue weighted by Crippen LogP contribution is -2.24. The van der Waals surface area contributed by atoms with Crippen molar-refractivity contribution in [2.45, 2.75) is 26.7 Å². The molecule has 0 heterocycles. The van der Waals surface area contributed by atoms with Crippen LogP contribution < -0.4 is 5.32 Å². The highest BCUT2D eigenvalue weighted by molar-refractivity contribution is 5.68. The number of rotatable bonds is 7. The summed E-state index contributed by atoms with van der Waals surface area (Å²) >= 11 is 0. The van der Waals surface area contributed by atoms with E-state index < -0.39 is 5.97 Å². The topological polar surface area (TPSA) is 49.3 Å². The molecule has 0 aliphatic rings. The molecule has 0 aliphatic carbocycles. The molecule has 0 saturated carbocycles. The molecule has 0 aromatic heterocycles. The number of hydrogen-bond donors (Lipinski definition) is 2. The largest absolute Gasteiger partial charge is 0.480 e. The quantitative estimate of drug-likeness (QED) is 0.712. The average Bonchev–Trinajstić information content (AvgIpc) is 2.25. The predicted octanol–water partition coefficient (Wildman–Crippen LogP) is 2.10. The molecule has 3 heteroatoms. The molecule has 0 fully saturated rings. The lowest BCUT2D eigenvalue weighted by atomic mass is 10.0. The van der Waals surface area contributed by atoms with Gasteiger partial charge in [-0.3, -0.25) is 4.79 Å². The van der Waals surface area contributed by atoms with Crippen LogP contribution in [-0.4, -0.2) is 24.2 Å². The number of aliphatic carboxylic acids is 1. The molecule has 0 radical (unpaired) electrons. The Labute approximate surface area is 103 Å². The average molecular weight is 235 g/mol. The summed E-state index contributed by atoms with van der Waals surface area (Å²) in [6, 6.07) is 8.57. The van der Waals surface area contributed by atoms with Crippen molar-refractivity contribution in [1.29, 1.82) is 0 Å². The van der Waals surface area contributed by atoms with Gasteiger partial charge < -0.3 is 10.4 Å². The van der Waals surface area contributed by atoms with Crippen LogP contribution in [0.3, 0.4) is 0 Å². The van der Waals surface area contributed by atoms with E-state index >= 15 is 0 Å². The maximum atomic E-state index is 10.3. The van der Waals surface area contributed by atoms with Crippen molar-refractivity contribution < 1.29 is 9.90 Å². The number of carbonyl (C=O) groups is 1. The fraction of sp³-hybridized carbons (Fsp3) is 0.500. The number of hydrogen-bond acceptors (Lipinski definition) is 2. The first-order valence-corrected chi connectivity index (χ1v) is 6.08. The van der Waals surface area contributed by atoms with Gasteiger partial charge in [0.05, 0.1) is 6.54 Å². The minimum atomic E-state index is -0.808. The molecular weight excluding hydrogens is 214 g/mol. The second-order valence-corrected chi connectivity index (χ2v) is 4.73. The van der Waals surface area contributed by atoms with E-state index in [4.69, 9.17) is 5.11 Å². The normalized spacial score (nSPS) is 10.8. The van der Waals surface area contributed by atoms with Gasteiger partial charge in [-0.05, 0) is 36.4 Å². The highest BCUT2D eigenvalue weighted by atomic mass is 16.4. The maximum absolute atomic E-state index is 10.3. The summed E-state index contributed by atoms with van der Waals surface area (Å²) in [4.78, 5) is 10.3. The molecule has 0 spiro atoms. The van der Waals surface area contributed by atoms with Gasteiger partial charge in [0.15, 0.2) is 0 Å². The van der Waals surface area contributed by atoms with Crippen LogP contribution in [0.1, 0.15) is 25.0 Å². The van der Waals surface area contributed by atoms with E-state index in [1.54, 1.807) is 0 Å². The van der Waals surface area contributed by atoms with Gasteiger partial charge in [-0.2, -0.15) is 0 Å². The highest BCUT2D eigenvalue weighted by Crippen LogP contribution is 2.09. The first-order chi connectivity index (χ1) is 8.08. The van der Waals surface area contributed by atoms with Crippen LogP contribution in [0.25, 0.3) is 0 Å². The summed E-state index contributed by atoms with van der Waals surface area (Å²) in [5.41, 5.74) is 2.61. The Morgan fingerprint density at radius 2 is 1.82 bits per heavy atom. The molecule has 0 bridgehead atoms. The Bertz CT molecular complexity index is 344. The Balaban J connectivity index is 2.32. The van der Waals surface area contributed by atoms with Crippen molar-refractivity contribution in [3.05, 3.63) is 35.4 Å². The lowest BCUT2D eigenvalue weighted by molar-refractivity contribution is -0.135. The molecule has 2 N–H and O–H groups in total. The SMILES string of the molecule is CC(C)Cc1ccc(CCNCC(=O)O)cc1. The van der Waals surface area contributed by atoms with Crippen LogP contribution in [0.15, 0.2) is 24.3 Å². The van der Waals surface area contributed by atoms with Crippen LogP contribution in [0, 0.1) is 5.92 Å². The molecule has 94 valence electrons. The van der Waals surface area contributed by atoms with Crippen LogP contribution in [-0.2, 0) is 17.6 Å². The van der Waals surface area contributed by atoms with Crippen molar-refractivity contribution in [2.75, 3.05) is 13.1 Å². The van der Waals surface area contributed by atoms with Crippen molar-refractivity contribution in [3.63, 3.8) is 0 Å². The van der Waals surface area contributed by atoms with Crippen LogP contribution in [0.5, 0.6) is 0 Å². The van der Waals surface area contributed by atoms with Gasteiger partial charge in [-0.15, -0.1) is 0 Å².